The second-order valence-corrected chi connectivity index (χ2v) is 12.3. The van der Waals surface area contributed by atoms with Gasteiger partial charge >= 0.3 is 6.03 Å². The van der Waals surface area contributed by atoms with Crippen LogP contribution in [-0.4, -0.2) is 77.1 Å². The maximum Gasteiger partial charge on any atom is 0.318 e. The molecule has 234 valence electrons. The number of rotatable bonds is 11. The molecule has 0 spiro atoms. The van der Waals surface area contributed by atoms with E-state index in [1.807, 2.05) is 68.4 Å². The van der Waals surface area contributed by atoms with Gasteiger partial charge in [0.15, 0.2) is 0 Å². The highest BCUT2D eigenvalue weighted by molar-refractivity contribution is 5.92. The van der Waals surface area contributed by atoms with E-state index in [1.165, 1.54) is 0 Å². The standard InChI is InChI=1S/C34H48N4O5/c1-25(2)21-30(36-34(42)37-18-8-3-4-9-19-37)32(40)35-31(33(41)38-20-10-13-28(39)23-38)22-26-14-16-29(17-15-26)43-24-27-11-6-5-7-12-27/h5-7,11-12,14-17,25,28,30-31,39H,3-4,8-10,13,18-24H2,1-2H3,(H,35,40)(H,36,42). The summed E-state index contributed by atoms with van der Waals surface area (Å²) in [5.41, 5.74) is 1.94. The summed E-state index contributed by atoms with van der Waals surface area (Å²) in [7, 11) is 0. The fraction of sp³-hybridized carbons (Fsp3) is 0.559. The third kappa shape index (κ3) is 10.3. The Morgan fingerprint density at radius 2 is 1.51 bits per heavy atom. The zero-order chi connectivity index (χ0) is 30.6. The molecule has 0 aliphatic carbocycles. The van der Waals surface area contributed by atoms with Crippen molar-refractivity contribution in [2.45, 2.75) is 90.0 Å². The number of ether oxygens (including phenoxy) is 1. The van der Waals surface area contributed by atoms with E-state index in [1.54, 1.807) is 9.80 Å². The Hall–Kier alpha value is -3.59. The Kier molecular flexibility index (Phi) is 12.3. The van der Waals surface area contributed by atoms with Crippen LogP contribution in [-0.2, 0) is 22.6 Å². The summed E-state index contributed by atoms with van der Waals surface area (Å²) in [5, 5.41) is 16.2. The quantitative estimate of drug-likeness (QED) is 0.361. The van der Waals surface area contributed by atoms with Crippen molar-refractivity contribution >= 4 is 17.8 Å². The molecule has 2 aliphatic heterocycles. The second-order valence-electron chi connectivity index (χ2n) is 12.3. The van der Waals surface area contributed by atoms with Gasteiger partial charge in [0.05, 0.1) is 6.10 Å². The number of aliphatic hydroxyl groups excluding tert-OH is 1. The lowest BCUT2D eigenvalue weighted by Crippen LogP contribution is -2.58. The van der Waals surface area contributed by atoms with Gasteiger partial charge < -0.3 is 30.3 Å². The van der Waals surface area contributed by atoms with Crippen LogP contribution < -0.4 is 15.4 Å². The van der Waals surface area contributed by atoms with Crippen LogP contribution in [0.25, 0.3) is 0 Å². The summed E-state index contributed by atoms with van der Waals surface area (Å²) in [6.07, 6.45) is 5.67. The first-order valence-electron chi connectivity index (χ1n) is 15.9. The SMILES string of the molecule is CC(C)CC(NC(=O)N1CCCCCC1)C(=O)NC(Cc1ccc(OCc2ccccc2)cc1)C(=O)N1CCCC(O)C1. The number of amides is 4. The molecule has 0 bridgehead atoms. The van der Waals surface area contributed by atoms with Crippen molar-refractivity contribution < 1.29 is 24.2 Å². The second kappa shape index (κ2) is 16.3. The molecule has 0 radical (unpaired) electrons. The molecule has 2 aromatic rings. The first-order chi connectivity index (χ1) is 20.8. The van der Waals surface area contributed by atoms with Gasteiger partial charge in [-0.2, -0.15) is 0 Å². The Balaban J connectivity index is 1.46. The predicted octanol–water partition coefficient (Wildman–Crippen LogP) is 4.28. The number of hydrogen-bond acceptors (Lipinski definition) is 5. The lowest BCUT2D eigenvalue weighted by atomic mass is 10.00. The summed E-state index contributed by atoms with van der Waals surface area (Å²) < 4.78 is 5.92. The Bertz CT molecular complexity index is 1170. The van der Waals surface area contributed by atoms with Crippen molar-refractivity contribution in [1.29, 1.82) is 0 Å². The van der Waals surface area contributed by atoms with Gasteiger partial charge in [-0.25, -0.2) is 4.79 Å². The molecule has 3 N–H and O–H groups in total. The van der Waals surface area contributed by atoms with Crippen LogP contribution in [0.3, 0.4) is 0 Å². The third-order valence-corrected chi connectivity index (χ3v) is 8.15. The van der Waals surface area contributed by atoms with Crippen LogP contribution in [0.5, 0.6) is 5.75 Å². The number of hydrogen-bond donors (Lipinski definition) is 3. The summed E-state index contributed by atoms with van der Waals surface area (Å²) in [5.74, 6) is 0.288. The van der Waals surface area contributed by atoms with Crippen LogP contribution in [0.1, 0.15) is 69.9 Å². The maximum absolute atomic E-state index is 13.7. The first kappa shape index (κ1) is 32.3. The molecule has 3 atom stereocenters. The number of nitrogens with zero attached hydrogens (tertiary/aromatic N) is 2. The Morgan fingerprint density at radius 1 is 0.837 bits per heavy atom. The average Bonchev–Trinajstić information content (AvgIpc) is 3.30. The fourth-order valence-corrected chi connectivity index (χ4v) is 5.76. The van der Waals surface area contributed by atoms with Crippen LogP contribution >= 0.6 is 0 Å². The minimum atomic E-state index is -0.835. The third-order valence-electron chi connectivity index (χ3n) is 8.15. The molecule has 0 aromatic heterocycles. The zero-order valence-electron chi connectivity index (χ0n) is 25.7. The summed E-state index contributed by atoms with van der Waals surface area (Å²) in [6.45, 7) is 6.63. The van der Waals surface area contributed by atoms with E-state index in [2.05, 4.69) is 10.6 Å². The van der Waals surface area contributed by atoms with Gasteiger partial charge in [0, 0.05) is 32.6 Å². The minimum absolute atomic E-state index is 0.162. The van der Waals surface area contributed by atoms with Gasteiger partial charge in [-0.15, -0.1) is 0 Å². The lowest BCUT2D eigenvalue weighted by Gasteiger charge is -2.34. The number of piperidine rings is 1. The molecule has 2 heterocycles. The number of nitrogens with one attached hydrogen (secondary N) is 2. The van der Waals surface area contributed by atoms with Crippen LogP contribution in [0.15, 0.2) is 54.6 Å². The largest absolute Gasteiger partial charge is 0.489 e. The summed E-state index contributed by atoms with van der Waals surface area (Å²) in [6, 6.07) is 15.7. The summed E-state index contributed by atoms with van der Waals surface area (Å²) in [4.78, 5) is 44.0. The topological polar surface area (TPSA) is 111 Å². The smallest absolute Gasteiger partial charge is 0.318 e. The minimum Gasteiger partial charge on any atom is -0.489 e. The van der Waals surface area contributed by atoms with E-state index >= 15 is 0 Å². The highest BCUT2D eigenvalue weighted by Gasteiger charge is 2.32. The molecular weight excluding hydrogens is 544 g/mol. The fourth-order valence-electron chi connectivity index (χ4n) is 5.76. The van der Waals surface area contributed by atoms with Gasteiger partial charge in [-0.1, -0.05) is 69.2 Å². The highest BCUT2D eigenvalue weighted by atomic mass is 16.5. The monoisotopic (exact) mass is 592 g/mol. The van der Waals surface area contributed by atoms with Crippen molar-refractivity contribution in [3.63, 3.8) is 0 Å². The number of aliphatic hydroxyl groups is 1. The van der Waals surface area contributed by atoms with Crippen LogP contribution in [0.2, 0.25) is 0 Å². The molecule has 2 saturated heterocycles. The molecule has 9 nitrogen and oxygen atoms in total. The Labute approximate surface area is 256 Å². The van der Waals surface area contributed by atoms with Crippen molar-refractivity contribution in [2.24, 2.45) is 5.92 Å². The maximum atomic E-state index is 13.7. The van der Waals surface area contributed by atoms with Gasteiger partial charge in [0.2, 0.25) is 11.8 Å². The van der Waals surface area contributed by atoms with E-state index in [9.17, 15) is 19.5 Å². The van der Waals surface area contributed by atoms with E-state index in [0.29, 0.717) is 51.3 Å². The number of carbonyl (C=O) groups excluding carboxylic acids is 3. The normalized spacial score (nSPS) is 18.8. The molecular formula is C34H48N4O5. The molecule has 9 heteroatoms. The number of β-amino-alcohol motifs (C(OH)–C–C–N with tert-alkyl or cyclic N) is 1. The Morgan fingerprint density at radius 3 is 2.16 bits per heavy atom. The number of carbonyl (C=O) groups is 3. The lowest BCUT2D eigenvalue weighted by molar-refractivity contribution is -0.139. The number of urea groups is 1. The molecule has 2 fully saturated rings. The predicted molar refractivity (Wildman–Crippen MR) is 166 cm³/mol. The van der Waals surface area contributed by atoms with Crippen molar-refractivity contribution in [2.75, 3.05) is 26.2 Å². The average molecular weight is 593 g/mol. The molecule has 3 unspecified atom stereocenters. The molecule has 0 saturated carbocycles. The number of benzene rings is 2. The molecule has 2 aromatic carbocycles. The van der Waals surface area contributed by atoms with Gasteiger partial charge in [0.25, 0.3) is 0 Å². The van der Waals surface area contributed by atoms with E-state index in [-0.39, 0.29) is 36.7 Å². The van der Waals surface area contributed by atoms with Crippen molar-refractivity contribution in [1.82, 2.24) is 20.4 Å². The molecule has 2 aliphatic rings. The number of likely N-dealkylation sites (tertiary alicyclic amines) is 2. The van der Waals surface area contributed by atoms with Crippen molar-refractivity contribution in [3.05, 3.63) is 65.7 Å². The van der Waals surface area contributed by atoms with Crippen LogP contribution in [0, 0.1) is 5.92 Å². The highest BCUT2D eigenvalue weighted by Crippen LogP contribution is 2.18. The first-order valence-corrected chi connectivity index (χ1v) is 15.9. The van der Waals surface area contributed by atoms with E-state index < -0.39 is 18.2 Å². The molecule has 4 rings (SSSR count). The molecule has 4 amide bonds. The van der Waals surface area contributed by atoms with Gasteiger partial charge in [-0.3, -0.25) is 9.59 Å². The van der Waals surface area contributed by atoms with Crippen LogP contribution in [0.4, 0.5) is 4.79 Å². The zero-order valence-corrected chi connectivity index (χ0v) is 25.7. The van der Waals surface area contributed by atoms with E-state index in [0.717, 1.165) is 36.8 Å². The van der Waals surface area contributed by atoms with Crippen molar-refractivity contribution in [3.8, 4) is 5.75 Å². The molecule has 43 heavy (non-hydrogen) atoms. The van der Waals surface area contributed by atoms with Gasteiger partial charge in [-0.05, 0) is 61.3 Å². The van der Waals surface area contributed by atoms with E-state index in [4.69, 9.17) is 4.74 Å². The summed E-state index contributed by atoms with van der Waals surface area (Å²) >= 11 is 0. The van der Waals surface area contributed by atoms with Gasteiger partial charge in [0.1, 0.15) is 24.4 Å².